The van der Waals surface area contributed by atoms with Crippen LogP contribution in [-0.4, -0.2) is 27.0 Å². The van der Waals surface area contributed by atoms with Crippen LogP contribution in [0.1, 0.15) is 13.8 Å². The standard InChI is InChI=1S/C17H17ClF2N2O4S/c1-10(2)22-27(24,25)11-6-7-15(12(18)8-11)26-9-16(23)21-17-13(19)4-3-5-14(17)20/h3-8,10,22H,9H2,1-2H3,(H,21,23). The molecule has 0 radical (unpaired) electrons. The number of carbonyl (C=O) groups excluding carboxylic acids is 1. The normalized spacial score (nSPS) is 11.5. The molecule has 2 rings (SSSR count). The number of amides is 1. The maximum absolute atomic E-state index is 13.5. The molecule has 0 spiro atoms. The van der Waals surface area contributed by atoms with Gasteiger partial charge < -0.3 is 10.1 Å². The summed E-state index contributed by atoms with van der Waals surface area (Å²) in [7, 11) is -3.73. The summed E-state index contributed by atoms with van der Waals surface area (Å²) >= 11 is 6.00. The molecule has 0 aliphatic rings. The fraction of sp³-hybridized carbons (Fsp3) is 0.235. The van der Waals surface area contributed by atoms with Gasteiger partial charge in [-0.05, 0) is 44.2 Å². The zero-order valence-corrected chi connectivity index (χ0v) is 16.0. The summed E-state index contributed by atoms with van der Waals surface area (Å²) in [6.07, 6.45) is 0. The van der Waals surface area contributed by atoms with E-state index in [2.05, 4.69) is 10.0 Å². The van der Waals surface area contributed by atoms with Gasteiger partial charge in [0.05, 0.1) is 9.92 Å². The number of carbonyl (C=O) groups is 1. The molecule has 0 saturated carbocycles. The lowest BCUT2D eigenvalue weighted by atomic mass is 10.3. The molecule has 10 heteroatoms. The third kappa shape index (κ3) is 5.62. The second-order valence-electron chi connectivity index (χ2n) is 5.80. The van der Waals surface area contributed by atoms with Gasteiger partial charge in [0, 0.05) is 6.04 Å². The van der Waals surface area contributed by atoms with Crippen LogP contribution in [0.2, 0.25) is 5.02 Å². The Morgan fingerprint density at radius 1 is 1.19 bits per heavy atom. The van der Waals surface area contributed by atoms with Crippen LogP contribution in [0.15, 0.2) is 41.3 Å². The molecule has 27 heavy (non-hydrogen) atoms. The molecule has 0 bridgehead atoms. The first kappa shape index (κ1) is 21.1. The third-order valence-electron chi connectivity index (χ3n) is 3.19. The van der Waals surface area contributed by atoms with Gasteiger partial charge in [-0.1, -0.05) is 17.7 Å². The maximum Gasteiger partial charge on any atom is 0.262 e. The number of para-hydroxylation sites is 1. The van der Waals surface area contributed by atoms with Crippen molar-refractivity contribution < 1.29 is 26.7 Å². The molecule has 0 aliphatic carbocycles. The first-order valence-corrected chi connectivity index (χ1v) is 9.65. The Hall–Kier alpha value is -2.23. The second kappa shape index (κ2) is 8.64. The van der Waals surface area contributed by atoms with Gasteiger partial charge in [-0.25, -0.2) is 21.9 Å². The summed E-state index contributed by atoms with van der Waals surface area (Å²) in [5.74, 6) is -2.61. The van der Waals surface area contributed by atoms with Gasteiger partial charge >= 0.3 is 0 Å². The van der Waals surface area contributed by atoms with Crippen molar-refractivity contribution in [1.29, 1.82) is 0 Å². The van der Waals surface area contributed by atoms with Gasteiger partial charge in [0.15, 0.2) is 6.61 Å². The average molecular weight is 419 g/mol. The van der Waals surface area contributed by atoms with Gasteiger partial charge in [0.25, 0.3) is 5.91 Å². The third-order valence-corrected chi connectivity index (χ3v) is 5.14. The SMILES string of the molecule is CC(C)NS(=O)(=O)c1ccc(OCC(=O)Nc2c(F)cccc2F)c(Cl)c1. The number of rotatable bonds is 7. The lowest BCUT2D eigenvalue weighted by molar-refractivity contribution is -0.118. The molecule has 146 valence electrons. The molecule has 2 aromatic carbocycles. The van der Waals surface area contributed by atoms with Crippen molar-refractivity contribution in [2.75, 3.05) is 11.9 Å². The van der Waals surface area contributed by atoms with E-state index in [0.717, 1.165) is 12.1 Å². The Morgan fingerprint density at radius 3 is 2.37 bits per heavy atom. The van der Waals surface area contributed by atoms with Crippen molar-refractivity contribution in [3.8, 4) is 5.75 Å². The summed E-state index contributed by atoms with van der Waals surface area (Å²) in [6, 6.07) is 6.60. The van der Waals surface area contributed by atoms with E-state index in [0.29, 0.717) is 0 Å². The highest BCUT2D eigenvalue weighted by Crippen LogP contribution is 2.27. The Labute approximate surface area is 160 Å². The Balaban J connectivity index is 2.05. The van der Waals surface area contributed by atoms with Crippen molar-refractivity contribution in [2.24, 2.45) is 0 Å². The van der Waals surface area contributed by atoms with Crippen LogP contribution in [0.25, 0.3) is 0 Å². The number of nitrogens with one attached hydrogen (secondary N) is 2. The highest BCUT2D eigenvalue weighted by molar-refractivity contribution is 7.89. The summed E-state index contributed by atoms with van der Waals surface area (Å²) in [5, 5.41) is 2.03. The van der Waals surface area contributed by atoms with Crippen LogP contribution in [0.3, 0.4) is 0 Å². The molecule has 0 aromatic heterocycles. The molecular formula is C17H17ClF2N2O4S. The van der Waals surface area contributed by atoms with E-state index in [-0.39, 0.29) is 21.7 Å². The number of sulfonamides is 1. The molecular weight excluding hydrogens is 402 g/mol. The molecule has 6 nitrogen and oxygen atoms in total. The molecule has 0 heterocycles. The molecule has 0 saturated heterocycles. The predicted octanol–water partition coefficient (Wildman–Crippen LogP) is 3.32. The van der Waals surface area contributed by atoms with Crippen molar-refractivity contribution in [1.82, 2.24) is 4.72 Å². The van der Waals surface area contributed by atoms with Crippen LogP contribution in [0.5, 0.6) is 5.75 Å². The number of hydrogen-bond acceptors (Lipinski definition) is 4. The van der Waals surface area contributed by atoms with Crippen LogP contribution in [0.4, 0.5) is 14.5 Å². The summed E-state index contributed by atoms with van der Waals surface area (Å²) in [6.45, 7) is 2.77. The van der Waals surface area contributed by atoms with Gasteiger partial charge in [0.1, 0.15) is 23.1 Å². The van der Waals surface area contributed by atoms with Crippen molar-refractivity contribution in [2.45, 2.75) is 24.8 Å². The fourth-order valence-corrected chi connectivity index (χ4v) is 3.66. The topological polar surface area (TPSA) is 84.5 Å². The number of benzene rings is 2. The highest BCUT2D eigenvalue weighted by Gasteiger charge is 2.18. The molecule has 0 fully saturated rings. The fourth-order valence-electron chi connectivity index (χ4n) is 2.08. The van der Waals surface area contributed by atoms with Gasteiger partial charge in [-0.3, -0.25) is 4.79 Å². The summed E-state index contributed by atoms with van der Waals surface area (Å²) < 4.78 is 58.8. The average Bonchev–Trinajstić information content (AvgIpc) is 2.56. The van der Waals surface area contributed by atoms with Crippen molar-refractivity contribution >= 4 is 33.2 Å². The van der Waals surface area contributed by atoms with E-state index in [1.807, 2.05) is 0 Å². The monoisotopic (exact) mass is 418 g/mol. The largest absolute Gasteiger partial charge is 0.482 e. The van der Waals surface area contributed by atoms with Crippen LogP contribution >= 0.6 is 11.6 Å². The van der Waals surface area contributed by atoms with Crippen LogP contribution in [0, 0.1) is 11.6 Å². The minimum atomic E-state index is -3.73. The summed E-state index contributed by atoms with van der Waals surface area (Å²) in [4.78, 5) is 11.8. The van der Waals surface area contributed by atoms with E-state index < -0.39 is 39.9 Å². The van der Waals surface area contributed by atoms with Gasteiger partial charge in [0.2, 0.25) is 10.0 Å². The lowest BCUT2D eigenvalue weighted by Crippen LogP contribution is -2.30. The smallest absolute Gasteiger partial charge is 0.262 e. The molecule has 0 aliphatic heterocycles. The molecule has 1 amide bonds. The van der Waals surface area contributed by atoms with Gasteiger partial charge in [-0.2, -0.15) is 0 Å². The van der Waals surface area contributed by atoms with Crippen molar-refractivity contribution in [3.05, 3.63) is 53.1 Å². The number of anilines is 1. The Morgan fingerprint density at radius 2 is 1.81 bits per heavy atom. The zero-order valence-electron chi connectivity index (χ0n) is 14.4. The summed E-state index contributed by atoms with van der Waals surface area (Å²) in [5.41, 5.74) is -0.585. The van der Waals surface area contributed by atoms with E-state index in [4.69, 9.17) is 16.3 Å². The van der Waals surface area contributed by atoms with Gasteiger partial charge in [-0.15, -0.1) is 0 Å². The van der Waals surface area contributed by atoms with E-state index in [1.165, 1.54) is 24.3 Å². The second-order valence-corrected chi connectivity index (χ2v) is 7.92. The first-order chi connectivity index (χ1) is 12.6. The minimum absolute atomic E-state index is 0.0356. The number of halogens is 3. The molecule has 2 N–H and O–H groups in total. The first-order valence-electron chi connectivity index (χ1n) is 7.78. The van der Waals surface area contributed by atoms with Crippen LogP contribution in [-0.2, 0) is 14.8 Å². The quantitative estimate of drug-likeness (QED) is 0.722. The van der Waals surface area contributed by atoms with Crippen LogP contribution < -0.4 is 14.8 Å². The minimum Gasteiger partial charge on any atom is -0.482 e. The maximum atomic E-state index is 13.5. The van der Waals surface area contributed by atoms with Crippen molar-refractivity contribution in [3.63, 3.8) is 0 Å². The lowest BCUT2D eigenvalue weighted by Gasteiger charge is -2.12. The van der Waals surface area contributed by atoms with E-state index >= 15 is 0 Å². The Kier molecular flexibility index (Phi) is 6.74. The predicted molar refractivity (Wildman–Crippen MR) is 97.4 cm³/mol. The number of hydrogen-bond donors (Lipinski definition) is 2. The zero-order chi connectivity index (χ0) is 20.2. The highest BCUT2D eigenvalue weighted by atomic mass is 35.5. The molecule has 2 aromatic rings. The van der Waals surface area contributed by atoms with E-state index in [1.54, 1.807) is 13.8 Å². The Bertz CT molecular complexity index is 932. The number of ether oxygens (including phenoxy) is 1. The molecule has 0 unspecified atom stereocenters. The van der Waals surface area contributed by atoms with E-state index in [9.17, 15) is 22.0 Å². The molecule has 0 atom stereocenters.